The summed E-state index contributed by atoms with van der Waals surface area (Å²) in [4.78, 5) is 34.9. The molecule has 0 saturated heterocycles. The molecule has 0 aliphatic carbocycles. The van der Waals surface area contributed by atoms with Crippen LogP contribution in [0.5, 0.6) is 0 Å². The second-order valence-corrected chi connectivity index (χ2v) is 5.59. The molecule has 9 heteroatoms. The van der Waals surface area contributed by atoms with E-state index in [2.05, 4.69) is 15.4 Å². The van der Waals surface area contributed by atoms with Crippen LogP contribution in [0.2, 0.25) is 5.02 Å². The average Bonchev–Trinajstić information content (AvgIpc) is 2.53. The summed E-state index contributed by atoms with van der Waals surface area (Å²) >= 11 is 5.84. The van der Waals surface area contributed by atoms with Crippen molar-refractivity contribution in [3.63, 3.8) is 0 Å². The Bertz CT molecular complexity index is 719. The van der Waals surface area contributed by atoms with Gasteiger partial charge in [-0.25, -0.2) is 18.8 Å². The molecular weight excluding hydrogens is 355 g/mol. The second kappa shape index (κ2) is 9.03. The minimum absolute atomic E-state index is 0.0895. The molecule has 0 spiro atoms. The highest BCUT2D eigenvalue weighted by Gasteiger charge is 2.18. The normalized spacial score (nSPS) is 11.1. The van der Waals surface area contributed by atoms with Gasteiger partial charge in [0.25, 0.3) is 0 Å². The van der Waals surface area contributed by atoms with E-state index in [0.717, 1.165) is 18.3 Å². The Hall–Kier alpha value is -2.61. The van der Waals surface area contributed by atoms with E-state index in [1.54, 1.807) is 13.8 Å². The van der Waals surface area contributed by atoms with Crippen LogP contribution in [0.3, 0.4) is 0 Å². The molecule has 2 N–H and O–H groups in total. The van der Waals surface area contributed by atoms with Gasteiger partial charge in [-0.2, -0.15) is 0 Å². The monoisotopic (exact) mass is 372 g/mol. The molecule has 1 aromatic rings. The largest absolute Gasteiger partial charge is 0.466 e. The SMILES string of the molecule is COC(=O)C(C)=CNC(=O)Nc1cc(C(=O)OC(C)C)c(Cl)cc1F. The molecule has 1 rings (SSSR count). The van der Waals surface area contributed by atoms with Crippen LogP contribution in [-0.4, -0.2) is 31.2 Å². The van der Waals surface area contributed by atoms with Crippen LogP contribution in [0.1, 0.15) is 31.1 Å². The number of benzene rings is 1. The van der Waals surface area contributed by atoms with Crippen LogP contribution in [-0.2, 0) is 14.3 Å². The van der Waals surface area contributed by atoms with Gasteiger partial charge in [0.15, 0.2) is 0 Å². The summed E-state index contributed by atoms with van der Waals surface area (Å²) in [6.45, 7) is 4.73. The maximum absolute atomic E-state index is 13.9. The van der Waals surface area contributed by atoms with Crippen molar-refractivity contribution in [1.82, 2.24) is 5.32 Å². The molecule has 0 radical (unpaired) electrons. The Morgan fingerprint density at radius 1 is 1.28 bits per heavy atom. The second-order valence-electron chi connectivity index (χ2n) is 5.18. The Kier molecular flexibility index (Phi) is 7.38. The quantitative estimate of drug-likeness (QED) is 0.611. The molecule has 1 aromatic carbocycles. The smallest absolute Gasteiger partial charge is 0.339 e. The third-order valence-electron chi connectivity index (χ3n) is 2.79. The van der Waals surface area contributed by atoms with E-state index < -0.39 is 23.8 Å². The van der Waals surface area contributed by atoms with E-state index >= 15 is 0 Å². The summed E-state index contributed by atoms with van der Waals surface area (Å²) in [5.74, 6) is -2.21. The number of hydrogen-bond donors (Lipinski definition) is 2. The summed E-state index contributed by atoms with van der Waals surface area (Å²) in [5, 5.41) is 4.31. The Morgan fingerprint density at radius 2 is 1.92 bits per heavy atom. The molecule has 0 heterocycles. The highest BCUT2D eigenvalue weighted by atomic mass is 35.5. The average molecular weight is 373 g/mol. The number of carbonyl (C=O) groups is 3. The molecule has 0 saturated carbocycles. The summed E-state index contributed by atoms with van der Waals surface area (Å²) in [5.41, 5.74) is -0.231. The Morgan fingerprint density at radius 3 is 2.48 bits per heavy atom. The molecule has 2 amide bonds. The molecule has 0 aliphatic heterocycles. The first-order valence-corrected chi connectivity index (χ1v) is 7.56. The molecule has 0 bridgehead atoms. The van der Waals surface area contributed by atoms with Crippen LogP contribution < -0.4 is 10.6 Å². The number of amides is 2. The van der Waals surface area contributed by atoms with E-state index in [1.165, 1.54) is 14.0 Å². The van der Waals surface area contributed by atoms with Gasteiger partial charge >= 0.3 is 18.0 Å². The van der Waals surface area contributed by atoms with Gasteiger partial charge in [-0.3, -0.25) is 0 Å². The number of nitrogens with one attached hydrogen (secondary N) is 2. The van der Waals surface area contributed by atoms with Crippen molar-refractivity contribution in [1.29, 1.82) is 0 Å². The lowest BCUT2D eigenvalue weighted by molar-refractivity contribution is -0.136. The predicted molar refractivity (Wildman–Crippen MR) is 89.9 cm³/mol. The maximum atomic E-state index is 13.9. The molecule has 0 unspecified atom stereocenters. The number of rotatable bonds is 5. The van der Waals surface area contributed by atoms with E-state index in [0.29, 0.717) is 0 Å². The van der Waals surface area contributed by atoms with E-state index in [-0.39, 0.29) is 28.0 Å². The fourth-order valence-corrected chi connectivity index (χ4v) is 1.86. The van der Waals surface area contributed by atoms with Gasteiger partial charge in [0.1, 0.15) is 5.82 Å². The van der Waals surface area contributed by atoms with E-state index in [9.17, 15) is 18.8 Å². The van der Waals surface area contributed by atoms with Crippen LogP contribution in [0, 0.1) is 5.82 Å². The lowest BCUT2D eigenvalue weighted by atomic mass is 10.2. The van der Waals surface area contributed by atoms with Crippen LogP contribution >= 0.6 is 11.6 Å². The topological polar surface area (TPSA) is 93.7 Å². The van der Waals surface area contributed by atoms with Crippen molar-refractivity contribution in [2.45, 2.75) is 26.9 Å². The van der Waals surface area contributed by atoms with Crippen molar-refractivity contribution >= 4 is 35.3 Å². The van der Waals surface area contributed by atoms with Gasteiger partial charge in [-0.1, -0.05) is 11.6 Å². The van der Waals surface area contributed by atoms with Crippen LogP contribution in [0.15, 0.2) is 23.9 Å². The first-order chi connectivity index (χ1) is 11.6. The van der Waals surface area contributed by atoms with Crippen molar-refractivity contribution < 1.29 is 28.2 Å². The van der Waals surface area contributed by atoms with Gasteiger partial charge in [0.05, 0.1) is 35.1 Å². The summed E-state index contributed by atoms with van der Waals surface area (Å²) < 4.78 is 23.4. The molecule has 0 aromatic heterocycles. The van der Waals surface area contributed by atoms with Crippen molar-refractivity contribution in [2.75, 3.05) is 12.4 Å². The van der Waals surface area contributed by atoms with Gasteiger partial charge in [-0.05, 0) is 32.9 Å². The van der Waals surface area contributed by atoms with Crippen LogP contribution in [0.25, 0.3) is 0 Å². The number of esters is 2. The summed E-state index contributed by atoms with van der Waals surface area (Å²) in [6, 6.07) is 1.13. The van der Waals surface area contributed by atoms with Crippen molar-refractivity contribution in [3.8, 4) is 0 Å². The number of urea groups is 1. The molecule has 7 nitrogen and oxygen atoms in total. The fraction of sp³-hybridized carbons (Fsp3) is 0.312. The molecule has 0 aliphatic rings. The van der Waals surface area contributed by atoms with Crippen molar-refractivity contribution in [3.05, 3.63) is 40.3 Å². The molecule has 0 fully saturated rings. The predicted octanol–water partition coefficient (Wildman–Crippen LogP) is 3.24. The Labute approximate surface area is 149 Å². The molecule has 0 atom stereocenters. The molecular formula is C16H18ClFN2O5. The minimum Gasteiger partial charge on any atom is -0.466 e. The standard InChI is InChI=1S/C16H18ClFN2O5/c1-8(2)25-15(22)10-5-13(12(18)6-11(10)17)20-16(23)19-7-9(3)14(21)24-4/h5-8H,1-4H3,(H2,19,20,23). The molecule has 25 heavy (non-hydrogen) atoms. The third kappa shape index (κ3) is 6.07. The number of hydrogen-bond acceptors (Lipinski definition) is 5. The maximum Gasteiger partial charge on any atom is 0.339 e. The van der Waals surface area contributed by atoms with Gasteiger partial charge in [-0.15, -0.1) is 0 Å². The Balaban J connectivity index is 2.93. The van der Waals surface area contributed by atoms with Crippen LogP contribution in [0.4, 0.5) is 14.9 Å². The zero-order valence-corrected chi connectivity index (χ0v) is 14.9. The van der Waals surface area contributed by atoms with E-state index in [1.807, 2.05) is 0 Å². The summed E-state index contributed by atoms with van der Waals surface area (Å²) in [7, 11) is 1.20. The number of anilines is 1. The third-order valence-corrected chi connectivity index (χ3v) is 3.11. The zero-order valence-electron chi connectivity index (χ0n) is 14.1. The number of halogens is 2. The minimum atomic E-state index is -0.838. The molecule has 136 valence electrons. The van der Waals surface area contributed by atoms with Gasteiger partial charge in [0.2, 0.25) is 0 Å². The van der Waals surface area contributed by atoms with Crippen molar-refractivity contribution in [2.24, 2.45) is 0 Å². The zero-order chi connectivity index (χ0) is 19.1. The first kappa shape index (κ1) is 20.4. The van der Waals surface area contributed by atoms with E-state index in [4.69, 9.17) is 16.3 Å². The number of methoxy groups -OCH3 is 1. The van der Waals surface area contributed by atoms with Gasteiger partial charge < -0.3 is 20.1 Å². The highest BCUT2D eigenvalue weighted by molar-refractivity contribution is 6.33. The lowest BCUT2D eigenvalue weighted by Crippen LogP contribution is -2.25. The lowest BCUT2D eigenvalue weighted by Gasteiger charge is -2.12. The summed E-state index contributed by atoms with van der Waals surface area (Å²) in [6.07, 6.45) is 0.711. The fourth-order valence-electron chi connectivity index (χ4n) is 1.63. The first-order valence-electron chi connectivity index (χ1n) is 7.18. The van der Waals surface area contributed by atoms with Gasteiger partial charge in [0, 0.05) is 6.20 Å². The number of ether oxygens (including phenoxy) is 2. The highest BCUT2D eigenvalue weighted by Crippen LogP contribution is 2.25. The number of carbonyl (C=O) groups excluding carboxylic acids is 3.